The fourth-order valence-electron chi connectivity index (χ4n) is 3.40. The van der Waals surface area contributed by atoms with Crippen molar-refractivity contribution in [2.24, 2.45) is 11.3 Å². The van der Waals surface area contributed by atoms with E-state index in [1.165, 1.54) is 39.3 Å². The number of aromatic nitrogens is 2. The quantitative estimate of drug-likeness (QED) is 0.496. The Labute approximate surface area is 182 Å². The number of nitrogen functional groups attached to an aromatic ring is 1. The van der Waals surface area contributed by atoms with Crippen molar-refractivity contribution in [1.82, 2.24) is 10.2 Å². The highest BCUT2D eigenvalue weighted by Gasteiger charge is 2.34. The van der Waals surface area contributed by atoms with Gasteiger partial charge in [0, 0.05) is 4.88 Å². The Balaban J connectivity index is 1.78. The van der Waals surface area contributed by atoms with Gasteiger partial charge in [-0.15, -0.1) is 21.5 Å². The number of carbonyl (C=O) groups excluding carboxylic acids is 2. The predicted molar refractivity (Wildman–Crippen MR) is 119 cm³/mol. The molecule has 2 aromatic heterocycles. The first kappa shape index (κ1) is 22.0. The van der Waals surface area contributed by atoms with Crippen LogP contribution in [0, 0.1) is 11.3 Å². The Kier molecular flexibility index (Phi) is 6.85. The average Bonchev–Trinajstić information content (AvgIpc) is 3.21. The molecule has 1 atom stereocenters. The van der Waals surface area contributed by atoms with E-state index in [9.17, 15) is 9.59 Å². The molecule has 1 amide bonds. The number of nitrogens with one attached hydrogen (secondary N) is 1. The molecular formula is C19H26N4O3S3. The van der Waals surface area contributed by atoms with Gasteiger partial charge in [0.15, 0.2) is 4.34 Å². The van der Waals surface area contributed by atoms with Gasteiger partial charge >= 0.3 is 5.97 Å². The van der Waals surface area contributed by atoms with Crippen molar-refractivity contribution >= 4 is 56.4 Å². The number of anilines is 2. The lowest BCUT2D eigenvalue weighted by Crippen LogP contribution is -2.26. The molecule has 0 bridgehead atoms. The van der Waals surface area contributed by atoms with Crippen molar-refractivity contribution in [3.05, 3.63) is 16.0 Å². The van der Waals surface area contributed by atoms with Gasteiger partial charge in [-0.1, -0.05) is 43.9 Å². The molecule has 3 rings (SSSR count). The monoisotopic (exact) mass is 454 g/mol. The molecule has 0 saturated heterocycles. The number of rotatable bonds is 6. The molecule has 2 aromatic rings. The second-order valence-corrected chi connectivity index (χ2v) is 11.3. The van der Waals surface area contributed by atoms with Crippen LogP contribution in [0.25, 0.3) is 0 Å². The molecule has 0 radical (unpaired) electrons. The minimum Gasteiger partial charge on any atom is -0.462 e. The minimum absolute atomic E-state index is 0.171. The van der Waals surface area contributed by atoms with Gasteiger partial charge < -0.3 is 15.8 Å². The normalized spacial score (nSPS) is 16.3. The molecule has 3 N–H and O–H groups in total. The fourth-order valence-corrected chi connectivity index (χ4v) is 6.17. The summed E-state index contributed by atoms with van der Waals surface area (Å²) in [4.78, 5) is 26.3. The van der Waals surface area contributed by atoms with Crippen LogP contribution >= 0.6 is 34.4 Å². The van der Waals surface area contributed by atoms with Gasteiger partial charge in [0.1, 0.15) is 5.00 Å². The zero-order valence-electron chi connectivity index (χ0n) is 17.0. The number of carbonyl (C=O) groups is 2. The molecule has 158 valence electrons. The lowest BCUT2D eigenvalue weighted by molar-refractivity contribution is -0.113. The summed E-state index contributed by atoms with van der Waals surface area (Å²) in [5.41, 5.74) is 7.33. The van der Waals surface area contributed by atoms with Crippen LogP contribution in [0.1, 0.15) is 54.9 Å². The zero-order chi connectivity index (χ0) is 21.2. The number of amides is 1. The van der Waals surface area contributed by atoms with E-state index in [0.29, 0.717) is 32.6 Å². The third-order valence-corrected chi connectivity index (χ3v) is 8.03. The third-order valence-electron chi connectivity index (χ3n) is 4.97. The van der Waals surface area contributed by atoms with E-state index in [0.717, 1.165) is 24.8 Å². The Morgan fingerprint density at radius 3 is 2.69 bits per heavy atom. The van der Waals surface area contributed by atoms with Crippen molar-refractivity contribution in [1.29, 1.82) is 0 Å². The number of hydrogen-bond acceptors (Lipinski definition) is 9. The van der Waals surface area contributed by atoms with Crippen LogP contribution in [0.3, 0.4) is 0 Å². The molecule has 0 aromatic carbocycles. The van der Waals surface area contributed by atoms with Gasteiger partial charge in [-0.3, -0.25) is 4.79 Å². The Morgan fingerprint density at radius 1 is 1.31 bits per heavy atom. The van der Waals surface area contributed by atoms with Gasteiger partial charge in [0.2, 0.25) is 11.0 Å². The highest BCUT2D eigenvalue weighted by atomic mass is 32.2. The van der Waals surface area contributed by atoms with E-state index in [-0.39, 0.29) is 23.0 Å². The number of esters is 1. The number of nitrogens with zero attached hydrogens (tertiary/aromatic N) is 2. The van der Waals surface area contributed by atoms with Crippen LogP contribution in [0.15, 0.2) is 4.34 Å². The molecule has 0 unspecified atom stereocenters. The van der Waals surface area contributed by atoms with Crippen LogP contribution < -0.4 is 11.1 Å². The molecule has 0 fully saturated rings. The van der Waals surface area contributed by atoms with Crippen molar-refractivity contribution < 1.29 is 14.3 Å². The summed E-state index contributed by atoms with van der Waals surface area (Å²) in [6, 6.07) is 0. The molecule has 2 heterocycles. The van der Waals surface area contributed by atoms with E-state index in [4.69, 9.17) is 10.5 Å². The largest absolute Gasteiger partial charge is 0.462 e. The number of nitrogens with two attached hydrogens (primary N) is 1. The molecule has 0 aliphatic heterocycles. The van der Waals surface area contributed by atoms with Crippen LogP contribution in [0.5, 0.6) is 0 Å². The summed E-state index contributed by atoms with van der Waals surface area (Å²) in [6.45, 7) is 8.85. The van der Waals surface area contributed by atoms with Crippen molar-refractivity contribution in [3.63, 3.8) is 0 Å². The van der Waals surface area contributed by atoms with Crippen molar-refractivity contribution in [2.45, 2.75) is 51.3 Å². The van der Waals surface area contributed by atoms with Gasteiger partial charge in [0.05, 0.1) is 17.9 Å². The van der Waals surface area contributed by atoms with Crippen LogP contribution in [-0.4, -0.2) is 34.4 Å². The van der Waals surface area contributed by atoms with Crippen LogP contribution in [0.2, 0.25) is 0 Å². The lowest BCUT2D eigenvalue weighted by Gasteiger charge is -2.33. The Hall–Kier alpha value is -1.65. The molecule has 0 saturated carbocycles. The second-order valence-electron chi connectivity index (χ2n) is 7.98. The Bertz CT molecular complexity index is 901. The highest BCUT2D eigenvalue weighted by molar-refractivity contribution is 8.01. The summed E-state index contributed by atoms with van der Waals surface area (Å²) in [5.74, 6) is 0.161. The zero-order valence-corrected chi connectivity index (χ0v) is 19.5. The summed E-state index contributed by atoms with van der Waals surface area (Å²) in [5, 5.41) is 11.5. The number of fused-ring (bicyclic) bond motifs is 1. The van der Waals surface area contributed by atoms with Gasteiger partial charge in [0.25, 0.3) is 0 Å². The average molecular weight is 455 g/mol. The maximum Gasteiger partial charge on any atom is 0.341 e. The molecule has 7 nitrogen and oxygen atoms in total. The number of ether oxygens (including phenoxy) is 1. The summed E-state index contributed by atoms with van der Waals surface area (Å²) in [6.07, 6.45) is 2.78. The van der Waals surface area contributed by atoms with Crippen LogP contribution in [-0.2, 0) is 22.4 Å². The SMILES string of the molecule is CCOC(=O)c1c(NC(=O)CSc2nnc(N)s2)sc2c1CC[C@H](C(C)(C)C)C2. The Morgan fingerprint density at radius 2 is 2.07 bits per heavy atom. The second kappa shape index (κ2) is 9.01. The summed E-state index contributed by atoms with van der Waals surface area (Å²) < 4.78 is 5.92. The topological polar surface area (TPSA) is 107 Å². The number of thiophene rings is 1. The maximum absolute atomic E-state index is 12.6. The molecule has 1 aliphatic carbocycles. The lowest BCUT2D eigenvalue weighted by atomic mass is 9.72. The predicted octanol–water partition coefficient (Wildman–Crippen LogP) is 4.24. The highest BCUT2D eigenvalue weighted by Crippen LogP contribution is 2.44. The fraction of sp³-hybridized carbons (Fsp3) is 0.579. The standard InChI is InChI=1S/C19H26N4O3S3/c1-5-26-16(25)14-11-7-6-10(19(2,3)4)8-12(11)28-15(14)21-13(24)9-27-18-23-22-17(20)29-18/h10H,5-9H2,1-4H3,(H2,20,22)(H,21,24)/t10-/m0/s1. The van der Waals surface area contributed by atoms with Gasteiger partial charge in [-0.05, 0) is 43.1 Å². The smallest absolute Gasteiger partial charge is 0.341 e. The molecule has 1 aliphatic rings. The van der Waals surface area contributed by atoms with E-state index in [2.05, 4.69) is 36.3 Å². The van der Waals surface area contributed by atoms with Gasteiger partial charge in [-0.2, -0.15) is 0 Å². The van der Waals surface area contributed by atoms with Crippen LogP contribution in [0.4, 0.5) is 10.1 Å². The minimum atomic E-state index is -0.362. The third kappa shape index (κ3) is 5.29. The van der Waals surface area contributed by atoms with E-state index < -0.39 is 0 Å². The number of hydrogen-bond donors (Lipinski definition) is 2. The molecule has 29 heavy (non-hydrogen) atoms. The summed E-state index contributed by atoms with van der Waals surface area (Å²) >= 11 is 4.02. The first-order valence-corrected chi connectivity index (χ1v) is 12.1. The molecular weight excluding hydrogens is 428 g/mol. The van der Waals surface area contributed by atoms with E-state index >= 15 is 0 Å². The van der Waals surface area contributed by atoms with Crippen molar-refractivity contribution in [2.75, 3.05) is 23.4 Å². The van der Waals surface area contributed by atoms with Gasteiger partial charge in [-0.25, -0.2) is 4.79 Å². The van der Waals surface area contributed by atoms with E-state index in [1.54, 1.807) is 6.92 Å². The number of thioether (sulfide) groups is 1. The molecule has 10 heteroatoms. The van der Waals surface area contributed by atoms with Crippen molar-refractivity contribution in [3.8, 4) is 0 Å². The molecule has 0 spiro atoms. The van der Waals surface area contributed by atoms with E-state index in [1.807, 2.05) is 0 Å². The first-order valence-electron chi connectivity index (χ1n) is 9.52. The maximum atomic E-state index is 12.6. The summed E-state index contributed by atoms with van der Waals surface area (Å²) in [7, 11) is 0. The first-order chi connectivity index (χ1) is 13.7.